The van der Waals surface area contributed by atoms with Gasteiger partial charge in [-0.15, -0.1) is 11.3 Å². The number of hydrogen-bond acceptors (Lipinski definition) is 5. The summed E-state index contributed by atoms with van der Waals surface area (Å²) in [5.74, 6) is 0.727. The maximum atomic E-state index is 13.6. The van der Waals surface area contributed by atoms with E-state index in [4.69, 9.17) is 4.98 Å². The van der Waals surface area contributed by atoms with Gasteiger partial charge in [-0.25, -0.2) is 9.97 Å². The van der Waals surface area contributed by atoms with Crippen LogP contribution >= 0.6 is 23.1 Å². The van der Waals surface area contributed by atoms with Crippen LogP contribution in [0.1, 0.15) is 29.2 Å². The Balaban J connectivity index is 1.58. The van der Waals surface area contributed by atoms with Gasteiger partial charge in [0.05, 0.1) is 12.1 Å². The fourth-order valence-corrected chi connectivity index (χ4v) is 5.73. The summed E-state index contributed by atoms with van der Waals surface area (Å²) in [7, 11) is 0. The van der Waals surface area contributed by atoms with E-state index in [1.54, 1.807) is 22.5 Å². The van der Waals surface area contributed by atoms with Crippen molar-refractivity contribution in [1.29, 1.82) is 0 Å². The Morgan fingerprint density at radius 1 is 1.03 bits per heavy atom. The van der Waals surface area contributed by atoms with Crippen molar-refractivity contribution in [3.63, 3.8) is 0 Å². The Morgan fingerprint density at radius 3 is 2.48 bits per heavy atom. The van der Waals surface area contributed by atoms with Crippen LogP contribution in [-0.4, -0.2) is 14.5 Å². The third-order valence-corrected chi connectivity index (χ3v) is 7.81. The maximum Gasteiger partial charge on any atom is 0.272 e. The van der Waals surface area contributed by atoms with Gasteiger partial charge in [0.1, 0.15) is 9.53 Å². The molecule has 0 radical (unpaired) electrons. The fraction of sp³-hybridized carbons (Fsp3) is 0.148. The Morgan fingerprint density at radius 2 is 1.76 bits per heavy atom. The molecule has 0 amide bonds. The van der Waals surface area contributed by atoms with Gasteiger partial charge < -0.3 is 0 Å². The van der Waals surface area contributed by atoms with E-state index in [0.717, 1.165) is 44.2 Å². The monoisotopic (exact) mass is 469 g/mol. The molecule has 0 fully saturated rings. The number of hydrogen-bond donors (Lipinski definition) is 0. The molecule has 33 heavy (non-hydrogen) atoms. The van der Waals surface area contributed by atoms with Crippen molar-refractivity contribution in [2.24, 2.45) is 0 Å². The lowest BCUT2D eigenvalue weighted by molar-refractivity contribution is 0.659. The number of aryl methyl sites for hydroxylation is 1. The van der Waals surface area contributed by atoms with Crippen LogP contribution in [0.5, 0.6) is 0 Å². The molecule has 0 spiro atoms. The average Bonchev–Trinajstić information content (AvgIpc) is 3.24. The van der Waals surface area contributed by atoms with Crippen LogP contribution in [0.2, 0.25) is 0 Å². The van der Waals surface area contributed by atoms with Gasteiger partial charge >= 0.3 is 0 Å². The number of aromatic nitrogens is 3. The molecular weight excluding hydrogens is 446 g/mol. The molecule has 3 heterocycles. The minimum Gasteiger partial charge on any atom is -0.282 e. The maximum absolute atomic E-state index is 13.6. The minimum absolute atomic E-state index is 0.00734. The zero-order chi connectivity index (χ0) is 22.8. The van der Waals surface area contributed by atoms with Gasteiger partial charge in [0.15, 0.2) is 5.16 Å². The molecule has 3 aromatic heterocycles. The molecule has 0 aliphatic carbocycles. The molecule has 2 aromatic carbocycles. The molecule has 0 N–H and O–H groups in total. The average molecular weight is 470 g/mol. The van der Waals surface area contributed by atoms with E-state index in [9.17, 15) is 4.79 Å². The smallest absolute Gasteiger partial charge is 0.272 e. The number of rotatable bonds is 7. The zero-order valence-corrected chi connectivity index (χ0v) is 20.0. The van der Waals surface area contributed by atoms with E-state index in [2.05, 4.69) is 67.0 Å². The van der Waals surface area contributed by atoms with E-state index < -0.39 is 0 Å². The molecule has 0 aliphatic rings. The second-order valence-corrected chi connectivity index (χ2v) is 9.77. The highest BCUT2D eigenvalue weighted by Gasteiger charge is 2.17. The summed E-state index contributed by atoms with van der Waals surface area (Å²) in [5, 5.41) is 1.66. The van der Waals surface area contributed by atoms with Gasteiger partial charge in [0.2, 0.25) is 0 Å². The number of benzene rings is 2. The normalized spacial score (nSPS) is 11.3. The largest absolute Gasteiger partial charge is 0.282 e. The summed E-state index contributed by atoms with van der Waals surface area (Å²) in [4.78, 5) is 23.9. The Hall–Kier alpha value is -3.22. The van der Waals surface area contributed by atoms with E-state index in [1.807, 2.05) is 18.2 Å². The SMILES string of the molecule is C=Cc1ccc(CSc2nc3c(sc4ncccc43)c(=O)n2Cc2ccc(CC)cc2)cc1. The fourth-order valence-electron chi connectivity index (χ4n) is 3.75. The highest BCUT2D eigenvalue weighted by atomic mass is 32.2. The number of nitrogens with zero attached hydrogens (tertiary/aromatic N) is 3. The quantitative estimate of drug-likeness (QED) is 0.200. The first-order valence-electron chi connectivity index (χ1n) is 10.9. The van der Waals surface area contributed by atoms with Crippen LogP contribution < -0.4 is 5.56 Å². The molecule has 0 saturated carbocycles. The van der Waals surface area contributed by atoms with Crippen molar-refractivity contribution in [3.8, 4) is 0 Å². The van der Waals surface area contributed by atoms with Gasteiger partial charge in [-0.2, -0.15) is 0 Å². The molecule has 164 valence electrons. The number of pyridine rings is 1. The van der Waals surface area contributed by atoms with Crippen molar-refractivity contribution in [1.82, 2.24) is 14.5 Å². The summed E-state index contributed by atoms with van der Waals surface area (Å²) < 4.78 is 2.47. The highest BCUT2D eigenvalue weighted by Crippen LogP contribution is 2.31. The van der Waals surface area contributed by atoms with Gasteiger partial charge in [0.25, 0.3) is 5.56 Å². The Bertz CT molecular complexity index is 1500. The van der Waals surface area contributed by atoms with Gasteiger partial charge in [-0.3, -0.25) is 9.36 Å². The van der Waals surface area contributed by atoms with E-state index in [1.165, 1.54) is 22.5 Å². The third-order valence-electron chi connectivity index (χ3n) is 5.67. The van der Waals surface area contributed by atoms with Gasteiger partial charge in [-0.05, 0) is 40.8 Å². The van der Waals surface area contributed by atoms with Crippen LogP contribution in [0.4, 0.5) is 0 Å². The molecule has 0 atom stereocenters. The topological polar surface area (TPSA) is 47.8 Å². The summed E-state index contributed by atoms with van der Waals surface area (Å²) in [6.45, 7) is 6.45. The van der Waals surface area contributed by atoms with Crippen molar-refractivity contribution in [2.75, 3.05) is 0 Å². The third kappa shape index (κ3) is 4.36. The van der Waals surface area contributed by atoms with Crippen molar-refractivity contribution in [3.05, 3.63) is 106 Å². The predicted molar refractivity (Wildman–Crippen MR) is 140 cm³/mol. The molecule has 0 unspecified atom stereocenters. The first kappa shape index (κ1) is 21.6. The lowest BCUT2D eigenvalue weighted by Gasteiger charge is -2.13. The lowest BCUT2D eigenvalue weighted by Crippen LogP contribution is -2.23. The van der Waals surface area contributed by atoms with Crippen LogP contribution in [-0.2, 0) is 18.7 Å². The predicted octanol–water partition coefficient (Wildman–Crippen LogP) is 6.55. The van der Waals surface area contributed by atoms with Gasteiger partial charge in [-0.1, -0.05) is 79.9 Å². The Labute approximate surface area is 200 Å². The first-order valence-corrected chi connectivity index (χ1v) is 12.7. The van der Waals surface area contributed by atoms with Crippen LogP contribution in [0.15, 0.2) is 83.4 Å². The highest BCUT2D eigenvalue weighted by molar-refractivity contribution is 7.98. The molecule has 0 bridgehead atoms. The first-order chi connectivity index (χ1) is 16.2. The van der Waals surface area contributed by atoms with Crippen LogP contribution in [0, 0.1) is 0 Å². The second kappa shape index (κ2) is 9.33. The lowest BCUT2D eigenvalue weighted by atomic mass is 10.1. The van der Waals surface area contributed by atoms with Gasteiger partial charge in [0, 0.05) is 17.3 Å². The summed E-state index contributed by atoms with van der Waals surface area (Å²) in [5.41, 5.74) is 5.38. The Kier molecular flexibility index (Phi) is 6.11. The zero-order valence-electron chi connectivity index (χ0n) is 18.3. The van der Waals surface area contributed by atoms with Crippen LogP contribution in [0.25, 0.3) is 26.5 Å². The standard InChI is InChI=1S/C27H23N3OS2/c1-3-18-7-11-20(12-8-18)16-30-26(31)24-23(22-6-5-15-28-25(22)33-24)29-27(30)32-17-21-13-9-19(4-2)10-14-21/h4-15H,2-3,16-17H2,1H3. The molecule has 5 rings (SSSR count). The molecule has 4 nitrogen and oxygen atoms in total. The molecule has 0 saturated heterocycles. The number of thioether (sulfide) groups is 1. The molecular formula is C27H23N3OS2. The molecule has 6 heteroatoms. The molecule has 0 aliphatic heterocycles. The molecule has 5 aromatic rings. The van der Waals surface area contributed by atoms with Crippen LogP contribution in [0.3, 0.4) is 0 Å². The van der Waals surface area contributed by atoms with Crippen molar-refractivity contribution < 1.29 is 0 Å². The minimum atomic E-state index is -0.00734. The van der Waals surface area contributed by atoms with Crippen molar-refractivity contribution >= 4 is 49.6 Å². The van der Waals surface area contributed by atoms with E-state index in [0.29, 0.717) is 11.2 Å². The summed E-state index contributed by atoms with van der Waals surface area (Å²) in [6, 6.07) is 20.6. The number of fused-ring (bicyclic) bond motifs is 3. The number of thiophene rings is 1. The van der Waals surface area contributed by atoms with E-state index in [-0.39, 0.29) is 5.56 Å². The van der Waals surface area contributed by atoms with Crippen molar-refractivity contribution in [2.45, 2.75) is 30.8 Å². The summed E-state index contributed by atoms with van der Waals surface area (Å²) >= 11 is 3.01. The summed E-state index contributed by atoms with van der Waals surface area (Å²) in [6.07, 6.45) is 4.59. The van der Waals surface area contributed by atoms with E-state index >= 15 is 0 Å². The second-order valence-electron chi connectivity index (χ2n) is 7.83.